The summed E-state index contributed by atoms with van der Waals surface area (Å²) < 4.78 is 0. The first kappa shape index (κ1) is 14.8. The molecule has 0 spiro atoms. The second-order valence-corrected chi connectivity index (χ2v) is 6.89. The van der Waals surface area contributed by atoms with Crippen molar-refractivity contribution in [2.75, 3.05) is 19.7 Å². The Morgan fingerprint density at radius 1 is 1.24 bits per heavy atom. The van der Waals surface area contributed by atoms with E-state index in [0.29, 0.717) is 31.3 Å². The molecule has 2 aliphatic carbocycles. The number of amides is 2. The van der Waals surface area contributed by atoms with E-state index in [0.717, 1.165) is 12.8 Å². The fourth-order valence-corrected chi connectivity index (χ4v) is 4.60. The summed E-state index contributed by atoms with van der Waals surface area (Å²) in [6.07, 6.45) is 4.80. The number of fused-ring (bicyclic) bond motifs is 2. The Balaban J connectivity index is 1.56. The summed E-state index contributed by atoms with van der Waals surface area (Å²) in [5, 5.41) is 12.8. The van der Waals surface area contributed by atoms with E-state index in [1.54, 1.807) is 4.90 Å². The molecule has 0 aromatic rings. The molecule has 3 rings (SSSR count). The van der Waals surface area contributed by atoms with E-state index >= 15 is 0 Å². The lowest BCUT2D eigenvalue weighted by Crippen LogP contribution is -2.47. The third-order valence-electron chi connectivity index (χ3n) is 5.82. The van der Waals surface area contributed by atoms with Gasteiger partial charge in [-0.1, -0.05) is 6.92 Å². The van der Waals surface area contributed by atoms with Crippen molar-refractivity contribution >= 4 is 11.8 Å². The molecule has 2 bridgehead atoms. The summed E-state index contributed by atoms with van der Waals surface area (Å²) >= 11 is 0. The van der Waals surface area contributed by atoms with Gasteiger partial charge in [-0.25, -0.2) is 0 Å². The first-order valence-corrected chi connectivity index (χ1v) is 8.33. The van der Waals surface area contributed by atoms with Crippen LogP contribution >= 0.6 is 0 Å². The third kappa shape index (κ3) is 2.68. The molecular weight excluding hydrogens is 268 g/mol. The summed E-state index contributed by atoms with van der Waals surface area (Å²) in [4.78, 5) is 26.0. The number of aliphatic hydroxyl groups is 1. The SMILES string of the molecule is CCC(=O)N1CCC(C(=O)NC2C3CCC(C3)C2CO)C1. The second kappa shape index (κ2) is 5.95. The van der Waals surface area contributed by atoms with Crippen molar-refractivity contribution in [2.45, 2.75) is 45.1 Å². The lowest BCUT2D eigenvalue weighted by atomic mass is 9.84. The van der Waals surface area contributed by atoms with E-state index in [-0.39, 0.29) is 36.3 Å². The third-order valence-corrected chi connectivity index (χ3v) is 5.82. The Morgan fingerprint density at radius 2 is 2.00 bits per heavy atom. The molecule has 21 heavy (non-hydrogen) atoms. The fraction of sp³-hybridized carbons (Fsp3) is 0.875. The Bertz CT molecular complexity index is 426. The number of hydrogen-bond acceptors (Lipinski definition) is 3. The minimum absolute atomic E-state index is 0.0704. The van der Waals surface area contributed by atoms with Gasteiger partial charge in [0.05, 0.1) is 5.92 Å². The number of hydrogen-bond donors (Lipinski definition) is 2. The van der Waals surface area contributed by atoms with Gasteiger partial charge in [0.1, 0.15) is 0 Å². The molecule has 3 fully saturated rings. The predicted molar refractivity (Wildman–Crippen MR) is 78.3 cm³/mol. The lowest BCUT2D eigenvalue weighted by Gasteiger charge is -2.31. The van der Waals surface area contributed by atoms with Crippen LogP contribution in [0.15, 0.2) is 0 Å². The van der Waals surface area contributed by atoms with Crippen LogP contribution in [0.3, 0.4) is 0 Å². The topological polar surface area (TPSA) is 69.6 Å². The molecule has 0 aromatic carbocycles. The normalized spacial score (nSPS) is 38.0. The van der Waals surface area contributed by atoms with Crippen LogP contribution in [0.1, 0.15) is 39.0 Å². The molecule has 3 aliphatic rings. The highest BCUT2D eigenvalue weighted by Gasteiger charge is 2.48. The highest BCUT2D eigenvalue weighted by atomic mass is 16.3. The maximum atomic E-state index is 12.5. The Morgan fingerprint density at radius 3 is 2.71 bits per heavy atom. The summed E-state index contributed by atoms with van der Waals surface area (Å²) in [7, 11) is 0. The van der Waals surface area contributed by atoms with Crippen molar-refractivity contribution in [3.63, 3.8) is 0 Å². The van der Waals surface area contributed by atoms with Crippen molar-refractivity contribution in [3.05, 3.63) is 0 Å². The quantitative estimate of drug-likeness (QED) is 0.804. The largest absolute Gasteiger partial charge is 0.396 e. The molecule has 0 radical (unpaired) electrons. The molecule has 1 aliphatic heterocycles. The zero-order valence-electron chi connectivity index (χ0n) is 12.8. The number of rotatable bonds is 4. The van der Waals surface area contributed by atoms with Gasteiger partial charge < -0.3 is 15.3 Å². The van der Waals surface area contributed by atoms with Crippen LogP contribution in [0, 0.1) is 23.7 Å². The number of carbonyl (C=O) groups excluding carboxylic acids is 2. The molecule has 2 amide bonds. The number of nitrogens with zero attached hydrogens (tertiary/aromatic N) is 1. The molecule has 1 saturated heterocycles. The summed E-state index contributed by atoms with van der Waals surface area (Å²) in [6.45, 7) is 3.29. The van der Waals surface area contributed by atoms with Crippen molar-refractivity contribution < 1.29 is 14.7 Å². The van der Waals surface area contributed by atoms with Gasteiger partial charge in [0, 0.05) is 38.1 Å². The van der Waals surface area contributed by atoms with Gasteiger partial charge in [0.2, 0.25) is 11.8 Å². The van der Waals surface area contributed by atoms with Crippen molar-refractivity contribution in [3.8, 4) is 0 Å². The van der Waals surface area contributed by atoms with Crippen LogP contribution in [-0.4, -0.2) is 47.6 Å². The predicted octanol–water partition coefficient (Wildman–Crippen LogP) is 0.768. The minimum Gasteiger partial charge on any atom is -0.396 e. The maximum absolute atomic E-state index is 12.5. The highest BCUT2D eigenvalue weighted by Crippen LogP contribution is 2.48. The number of carbonyl (C=O) groups is 2. The van der Waals surface area contributed by atoms with Gasteiger partial charge >= 0.3 is 0 Å². The second-order valence-electron chi connectivity index (χ2n) is 6.89. The summed E-state index contributed by atoms with van der Waals surface area (Å²) in [5.41, 5.74) is 0. The molecule has 5 nitrogen and oxygen atoms in total. The van der Waals surface area contributed by atoms with E-state index in [1.165, 1.54) is 12.8 Å². The first-order valence-electron chi connectivity index (χ1n) is 8.33. The molecule has 5 atom stereocenters. The molecule has 118 valence electrons. The van der Waals surface area contributed by atoms with Gasteiger partial charge in [-0.2, -0.15) is 0 Å². The molecule has 2 N–H and O–H groups in total. The summed E-state index contributed by atoms with van der Waals surface area (Å²) in [5.74, 6) is 1.52. The fourth-order valence-electron chi connectivity index (χ4n) is 4.60. The van der Waals surface area contributed by atoms with Crippen molar-refractivity contribution in [2.24, 2.45) is 23.7 Å². The Hall–Kier alpha value is -1.10. The van der Waals surface area contributed by atoms with Crippen LogP contribution in [0.25, 0.3) is 0 Å². The standard InChI is InChI=1S/C16H26N2O3/c1-2-14(20)18-6-5-12(8-18)16(21)17-15-11-4-3-10(7-11)13(15)9-19/h10-13,15,19H,2-9H2,1H3,(H,17,21). The molecule has 0 aromatic heterocycles. The van der Waals surface area contributed by atoms with Gasteiger partial charge in [-0.15, -0.1) is 0 Å². The lowest BCUT2D eigenvalue weighted by molar-refractivity contribution is -0.130. The molecule has 1 heterocycles. The van der Waals surface area contributed by atoms with Crippen LogP contribution < -0.4 is 5.32 Å². The van der Waals surface area contributed by atoms with E-state index in [2.05, 4.69) is 5.32 Å². The molecular formula is C16H26N2O3. The van der Waals surface area contributed by atoms with E-state index in [1.807, 2.05) is 6.92 Å². The van der Waals surface area contributed by atoms with Gasteiger partial charge in [-0.05, 0) is 37.5 Å². The van der Waals surface area contributed by atoms with Crippen LogP contribution in [-0.2, 0) is 9.59 Å². The van der Waals surface area contributed by atoms with E-state index in [4.69, 9.17) is 0 Å². The van der Waals surface area contributed by atoms with Gasteiger partial charge in [0.25, 0.3) is 0 Å². The van der Waals surface area contributed by atoms with Crippen molar-refractivity contribution in [1.82, 2.24) is 10.2 Å². The number of likely N-dealkylation sites (tertiary alicyclic amines) is 1. The zero-order valence-corrected chi connectivity index (χ0v) is 12.8. The van der Waals surface area contributed by atoms with Crippen LogP contribution in [0.5, 0.6) is 0 Å². The van der Waals surface area contributed by atoms with Crippen LogP contribution in [0.2, 0.25) is 0 Å². The van der Waals surface area contributed by atoms with E-state index in [9.17, 15) is 14.7 Å². The van der Waals surface area contributed by atoms with E-state index < -0.39 is 0 Å². The Kier molecular flexibility index (Phi) is 4.20. The van der Waals surface area contributed by atoms with Gasteiger partial charge in [0.15, 0.2) is 0 Å². The summed E-state index contributed by atoms with van der Waals surface area (Å²) in [6, 6.07) is 0.150. The van der Waals surface area contributed by atoms with Crippen molar-refractivity contribution in [1.29, 1.82) is 0 Å². The Labute approximate surface area is 126 Å². The maximum Gasteiger partial charge on any atom is 0.225 e. The number of nitrogens with one attached hydrogen (secondary N) is 1. The first-order chi connectivity index (χ1) is 10.1. The molecule has 5 heteroatoms. The van der Waals surface area contributed by atoms with Gasteiger partial charge in [-0.3, -0.25) is 9.59 Å². The molecule has 5 unspecified atom stereocenters. The minimum atomic E-state index is -0.0704. The van der Waals surface area contributed by atoms with Crippen LogP contribution in [0.4, 0.5) is 0 Å². The molecule has 2 saturated carbocycles. The monoisotopic (exact) mass is 294 g/mol. The highest BCUT2D eigenvalue weighted by molar-refractivity contribution is 5.82. The average Bonchev–Trinajstić information content (AvgIpc) is 3.21. The smallest absolute Gasteiger partial charge is 0.225 e. The number of aliphatic hydroxyl groups excluding tert-OH is 1. The zero-order chi connectivity index (χ0) is 15.0. The average molecular weight is 294 g/mol.